The van der Waals surface area contributed by atoms with E-state index in [0.717, 1.165) is 0 Å². The van der Waals surface area contributed by atoms with Crippen molar-refractivity contribution in [3.63, 3.8) is 0 Å². The van der Waals surface area contributed by atoms with Crippen molar-refractivity contribution in [1.82, 2.24) is 5.32 Å². The predicted octanol–water partition coefficient (Wildman–Crippen LogP) is 2.27. The van der Waals surface area contributed by atoms with E-state index in [2.05, 4.69) is 16.6 Å². The number of para-hydroxylation sites is 1. The van der Waals surface area contributed by atoms with E-state index in [-0.39, 0.29) is 24.8 Å². The number of benzene rings is 2. The second kappa shape index (κ2) is 9.04. The lowest BCUT2D eigenvalue weighted by atomic mass is 10.1. The number of amides is 2. The van der Waals surface area contributed by atoms with Crippen LogP contribution in [0.3, 0.4) is 0 Å². The summed E-state index contributed by atoms with van der Waals surface area (Å²) in [6.45, 7) is 1.33. The minimum atomic E-state index is -0.419. The number of ether oxygens (including phenoxy) is 1. The summed E-state index contributed by atoms with van der Waals surface area (Å²) in [5, 5.41) is 5.19. The molecule has 0 radical (unpaired) electrons. The molecule has 0 atom stereocenters. The van der Waals surface area contributed by atoms with Crippen LogP contribution in [0.4, 0.5) is 5.69 Å². The van der Waals surface area contributed by atoms with Gasteiger partial charge in [-0.2, -0.15) is 0 Å². The van der Waals surface area contributed by atoms with Crippen LogP contribution in [0, 0.1) is 12.3 Å². The molecule has 0 fully saturated rings. The van der Waals surface area contributed by atoms with Gasteiger partial charge in [-0.25, -0.2) is 0 Å². The highest BCUT2D eigenvalue weighted by Crippen LogP contribution is 2.16. The maximum atomic E-state index is 12.1. The Morgan fingerprint density at radius 3 is 2.42 bits per heavy atom. The van der Waals surface area contributed by atoms with Gasteiger partial charge < -0.3 is 15.4 Å². The Bertz CT molecular complexity index is 851. The first-order valence-electron chi connectivity index (χ1n) is 7.85. The van der Waals surface area contributed by atoms with Crippen LogP contribution >= 0.6 is 0 Å². The van der Waals surface area contributed by atoms with Crippen LogP contribution in [0.5, 0.6) is 5.75 Å². The van der Waals surface area contributed by atoms with Gasteiger partial charge >= 0.3 is 0 Å². The summed E-state index contributed by atoms with van der Waals surface area (Å²) in [7, 11) is 0. The molecule has 0 aromatic heterocycles. The molecule has 0 bridgehead atoms. The molecule has 0 saturated carbocycles. The molecular formula is C20H18N2O4. The van der Waals surface area contributed by atoms with Gasteiger partial charge in [-0.1, -0.05) is 18.1 Å². The van der Waals surface area contributed by atoms with Crippen molar-refractivity contribution in [2.24, 2.45) is 0 Å². The average Bonchev–Trinajstić information content (AvgIpc) is 2.65. The minimum Gasteiger partial charge on any atom is -0.484 e. The molecule has 6 heteroatoms. The summed E-state index contributed by atoms with van der Waals surface area (Å²) < 4.78 is 5.39. The molecule has 0 unspecified atom stereocenters. The van der Waals surface area contributed by atoms with E-state index < -0.39 is 5.91 Å². The van der Waals surface area contributed by atoms with Gasteiger partial charge in [0.05, 0.1) is 17.8 Å². The Kier molecular flexibility index (Phi) is 6.52. The lowest BCUT2D eigenvalue weighted by Gasteiger charge is -2.11. The van der Waals surface area contributed by atoms with Gasteiger partial charge in [-0.3, -0.25) is 14.4 Å². The molecule has 0 aliphatic rings. The minimum absolute atomic E-state index is 0.0472. The van der Waals surface area contributed by atoms with E-state index in [4.69, 9.17) is 11.2 Å². The fraction of sp³-hybridized carbons (Fsp3) is 0.150. The van der Waals surface area contributed by atoms with Crippen molar-refractivity contribution >= 4 is 23.3 Å². The van der Waals surface area contributed by atoms with Crippen LogP contribution in [0.25, 0.3) is 0 Å². The van der Waals surface area contributed by atoms with Crippen LogP contribution in [0.15, 0.2) is 48.5 Å². The Morgan fingerprint density at radius 2 is 1.77 bits per heavy atom. The van der Waals surface area contributed by atoms with Gasteiger partial charge in [0.1, 0.15) is 5.75 Å². The summed E-state index contributed by atoms with van der Waals surface area (Å²) in [6, 6.07) is 13.1. The molecule has 0 heterocycles. The third-order valence-electron chi connectivity index (χ3n) is 3.43. The van der Waals surface area contributed by atoms with Gasteiger partial charge in [0.2, 0.25) is 0 Å². The third-order valence-corrected chi connectivity index (χ3v) is 3.43. The van der Waals surface area contributed by atoms with Crippen molar-refractivity contribution in [3.05, 3.63) is 59.7 Å². The summed E-state index contributed by atoms with van der Waals surface area (Å²) in [4.78, 5) is 35.4. The fourth-order valence-corrected chi connectivity index (χ4v) is 2.14. The van der Waals surface area contributed by atoms with Gasteiger partial charge in [0, 0.05) is 5.56 Å². The number of ketones is 1. The highest BCUT2D eigenvalue weighted by Gasteiger charge is 2.13. The van der Waals surface area contributed by atoms with Crippen LogP contribution in [0.1, 0.15) is 27.6 Å². The molecule has 0 aliphatic carbocycles. The zero-order valence-electron chi connectivity index (χ0n) is 14.2. The smallest absolute Gasteiger partial charge is 0.262 e. The third kappa shape index (κ3) is 5.21. The van der Waals surface area contributed by atoms with Crippen molar-refractivity contribution in [3.8, 4) is 18.1 Å². The summed E-state index contributed by atoms with van der Waals surface area (Å²) in [5.74, 6) is 1.94. The number of nitrogens with one attached hydrogen (secondary N) is 2. The van der Waals surface area contributed by atoms with Gasteiger partial charge in [0.25, 0.3) is 11.8 Å². The van der Waals surface area contributed by atoms with Crippen LogP contribution < -0.4 is 15.4 Å². The number of hydrogen-bond donors (Lipinski definition) is 2. The zero-order chi connectivity index (χ0) is 18.9. The topological polar surface area (TPSA) is 84.5 Å². The standard InChI is InChI=1S/C20H18N2O4/c1-3-12-21-20(25)17-6-4-5-7-18(17)22-19(24)13-26-16-10-8-15(9-11-16)14(2)23/h1,4-11H,12-13H2,2H3,(H,21,25)(H,22,24). The predicted molar refractivity (Wildman–Crippen MR) is 98.2 cm³/mol. The van der Waals surface area contributed by atoms with Crippen LogP contribution in [-0.2, 0) is 4.79 Å². The Morgan fingerprint density at radius 1 is 1.08 bits per heavy atom. The van der Waals surface area contributed by atoms with Gasteiger partial charge in [0.15, 0.2) is 12.4 Å². The molecule has 0 spiro atoms. The van der Waals surface area contributed by atoms with E-state index in [1.807, 2.05) is 0 Å². The van der Waals surface area contributed by atoms with E-state index >= 15 is 0 Å². The lowest BCUT2D eigenvalue weighted by Crippen LogP contribution is -2.26. The highest BCUT2D eigenvalue weighted by atomic mass is 16.5. The van der Waals surface area contributed by atoms with Crippen molar-refractivity contribution in [2.45, 2.75) is 6.92 Å². The van der Waals surface area contributed by atoms with Crippen LogP contribution in [-0.4, -0.2) is 30.7 Å². The first kappa shape index (κ1) is 18.7. The number of carbonyl (C=O) groups is 3. The fourth-order valence-electron chi connectivity index (χ4n) is 2.14. The van der Waals surface area contributed by atoms with Crippen molar-refractivity contribution < 1.29 is 19.1 Å². The Labute approximate surface area is 151 Å². The molecular weight excluding hydrogens is 332 g/mol. The van der Waals surface area contributed by atoms with E-state index in [9.17, 15) is 14.4 Å². The number of hydrogen-bond acceptors (Lipinski definition) is 4. The second-order valence-electron chi connectivity index (χ2n) is 5.35. The normalized spacial score (nSPS) is 9.69. The molecule has 26 heavy (non-hydrogen) atoms. The molecule has 2 amide bonds. The average molecular weight is 350 g/mol. The maximum absolute atomic E-state index is 12.1. The van der Waals surface area contributed by atoms with Crippen LogP contribution in [0.2, 0.25) is 0 Å². The number of Topliss-reactive ketones (excluding diaryl/α,β-unsaturated/α-hetero) is 1. The molecule has 132 valence electrons. The molecule has 2 aromatic rings. The molecule has 0 saturated heterocycles. The molecule has 0 aliphatic heterocycles. The van der Waals surface area contributed by atoms with Gasteiger partial charge in [-0.15, -0.1) is 6.42 Å². The lowest BCUT2D eigenvalue weighted by molar-refractivity contribution is -0.118. The first-order valence-corrected chi connectivity index (χ1v) is 7.85. The molecule has 6 nitrogen and oxygen atoms in total. The summed E-state index contributed by atoms with van der Waals surface area (Å²) >= 11 is 0. The zero-order valence-corrected chi connectivity index (χ0v) is 14.2. The Hall–Kier alpha value is -3.59. The quantitative estimate of drug-likeness (QED) is 0.593. The van der Waals surface area contributed by atoms with Crippen molar-refractivity contribution in [2.75, 3.05) is 18.5 Å². The highest BCUT2D eigenvalue weighted by molar-refractivity contribution is 6.04. The monoisotopic (exact) mass is 350 g/mol. The maximum Gasteiger partial charge on any atom is 0.262 e. The number of carbonyl (C=O) groups excluding carboxylic acids is 3. The SMILES string of the molecule is C#CCNC(=O)c1ccccc1NC(=O)COc1ccc(C(C)=O)cc1. The summed E-state index contributed by atoms with van der Waals surface area (Å²) in [6.07, 6.45) is 5.12. The molecule has 2 N–H and O–H groups in total. The molecule has 2 rings (SSSR count). The summed E-state index contributed by atoms with van der Waals surface area (Å²) in [5.41, 5.74) is 1.23. The van der Waals surface area contributed by atoms with Crippen molar-refractivity contribution in [1.29, 1.82) is 0 Å². The Balaban J connectivity index is 1.96. The second-order valence-corrected chi connectivity index (χ2v) is 5.35. The number of rotatable bonds is 7. The van der Waals surface area contributed by atoms with E-state index in [1.54, 1.807) is 48.5 Å². The van der Waals surface area contributed by atoms with E-state index in [1.165, 1.54) is 6.92 Å². The molecule has 2 aromatic carbocycles. The number of anilines is 1. The van der Waals surface area contributed by atoms with Gasteiger partial charge in [-0.05, 0) is 43.3 Å². The number of terminal acetylenes is 1. The largest absolute Gasteiger partial charge is 0.484 e. The van der Waals surface area contributed by atoms with E-state index in [0.29, 0.717) is 22.6 Å². The first-order chi connectivity index (χ1) is 12.5.